The average Bonchev–Trinajstić information content (AvgIpc) is 2.78. The highest BCUT2D eigenvalue weighted by molar-refractivity contribution is 7.88. The van der Waals surface area contributed by atoms with E-state index >= 15 is 0 Å². The Morgan fingerprint density at radius 1 is 1.29 bits per heavy atom. The van der Waals surface area contributed by atoms with Crippen molar-refractivity contribution in [3.63, 3.8) is 0 Å². The molecular formula is C12H17NO3S. The highest BCUT2D eigenvalue weighted by Crippen LogP contribution is 2.29. The highest BCUT2D eigenvalue weighted by atomic mass is 32.2. The van der Waals surface area contributed by atoms with Crippen molar-refractivity contribution < 1.29 is 13.2 Å². The van der Waals surface area contributed by atoms with Crippen LogP contribution in [0.25, 0.3) is 0 Å². The van der Waals surface area contributed by atoms with Crippen molar-refractivity contribution in [3.8, 4) is 5.75 Å². The molecule has 0 N–H and O–H groups in total. The average molecular weight is 255 g/mol. The molecule has 0 unspecified atom stereocenters. The van der Waals surface area contributed by atoms with Gasteiger partial charge in [0.25, 0.3) is 0 Å². The van der Waals surface area contributed by atoms with E-state index in [1.807, 2.05) is 24.3 Å². The second-order valence-electron chi connectivity index (χ2n) is 4.38. The minimum absolute atomic E-state index is 0.302. The number of sulfonamides is 1. The molecule has 1 heterocycles. The number of hydrogen-bond donors (Lipinski definition) is 0. The van der Waals surface area contributed by atoms with E-state index in [1.54, 1.807) is 11.4 Å². The SMILES string of the molecule is COc1ccc([C@H]2CCN(S(C)(=O)=O)C2)cc1. The van der Waals surface area contributed by atoms with Crippen LogP contribution in [0.2, 0.25) is 0 Å². The van der Waals surface area contributed by atoms with Gasteiger partial charge in [0.1, 0.15) is 5.75 Å². The van der Waals surface area contributed by atoms with Gasteiger partial charge in [-0.1, -0.05) is 12.1 Å². The molecule has 0 bridgehead atoms. The van der Waals surface area contributed by atoms with Gasteiger partial charge < -0.3 is 4.74 Å². The number of hydrogen-bond acceptors (Lipinski definition) is 3. The largest absolute Gasteiger partial charge is 0.497 e. The molecule has 94 valence electrons. The summed E-state index contributed by atoms with van der Waals surface area (Å²) in [6, 6.07) is 7.85. The zero-order valence-corrected chi connectivity index (χ0v) is 10.9. The molecule has 0 saturated carbocycles. The summed E-state index contributed by atoms with van der Waals surface area (Å²) in [6.45, 7) is 1.21. The molecule has 1 aromatic carbocycles. The second-order valence-corrected chi connectivity index (χ2v) is 6.36. The monoisotopic (exact) mass is 255 g/mol. The van der Waals surface area contributed by atoms with Crippen molar-refractivity contribution in [2.45, 2.75) is 12.3 Å². The summed E-state index contributed by atoms with van der Waals surface area (Å²) >= 11 is 0. The zero-order valence-electron chi connectivity index (χ0n) is 10.1. The maximum atomic E-state index is 11.4. The topological polar surface area (TPSA) is 46.6 Å². The van der Waals surface area contributed by atoms with Crippen molar-refractivity contribution >= 4 is 10.0 Å². The molecular weight excluding hydrogens is 238 g/mol. The fourth-order valence-electron chi connectivity index (χ4n) is 2.18. The molecule has 4 nitrogen and oxygen atoms in total. The Kier molecular flexibility index (Phi) is 3.40. The van der Waals surface area contributed by atoms with Gasteiger partial charge in [0.15, 0.2) is 0 Å². The molecule has 5 heteroatoms. The van der Waals surface area contributed by atoms with Gasteiger partial charge in [-0.15, -0.1) is 0 Å². The van der Waals surface area contributed by atoms with Gasteiger partial charge in [0, 0.05) is 13.1 Å². The Hall–Kier alpha value is -1.07. The van der Waals surface area contributed by atoms with E-state index < -0.39 is 10.0 Å². The van der Waals surface area contributed by atoms with Crippen LogP contribution in [-0.2, 0) is 10.0 Å². The van der Waals surface area contributed by atoms with Gasteiger partial charge >= 0.3 is 0 Å². The number of methoxy groups -OCH3 is 1. The van der Waals surface area contributed by atoms with E-state index in [4.69, 9.17) is 4.74 Å². The van der Waals surface area contributed by atoms with E-state index in [2.05, 4.69) is 0 Å². The Bertz CT molecular complexity index is 481. The Labute approximate surface area is 102 Å². The molecule has 0 radical (unpaired) electrons. The lowest BCUT2D eigenvalue weighted by Gasteiger charge is -2.13. The lowest BCUT2D eigenvalue weighted by Crippen LogP contribution is -2.27. The van der Waals surface area contributed by atoms with Crippen LogP contribution in [0.5, 0.6) is 5.75 Å². The summed E-state index contributed by atoms with van der Waals surface area (Å²) < 4.78 is 29.5. The smallest absolute Gasteiger partial charge is 0.211 e. The summed E-state index contributed by atoms with van der Waals surface area (Å²) in [7, 11) is -1.41. The van der Waals surface area contributed by atoms with Gasteiger partial charge in [0.2, 0.25) is 10.0 Å². The minimum Gasteiger partial charge on any atom is -0.497 e. The normalized spacial score (nSPS) is 21.6. The third kappa shape index (κ3) is 2.79. The van der Waals surface area contributed by atoms with Gasteiger partial charge in [-0.3, -0.25) is 0 Å². The maximum Gasteiger partial charge on any atom is 0.211 e. The predicted octanol–water partition coefficient (Wildman–Crippen LogP) is 1.44. The molecule has 0 aromatic heterocycles. The standard InChI is InChI=1S/C12H17NO3S/c1-16-12-5-3-10(4-6-12)11-7-8-13(9-11)17(2,14)15/h3-6,11H,7-9H2,1-2H3/t11-/m0/s1. The summed E-state index contributed by atoms with van der Waals surface area (Å²) in [6.07, 6.45) is 2.16. The second kappa shape index (κ2) is 4.66. The number of nitrogens with zero attached hydrogens (tertiary/aromatic N) is 1. The van der Waals surface area contributed by atoms with Crippen molar-refractivity contribution in [1.82, 2.24) is 4.31 Å². The van der Waals surface area contributed by atoms with Gasteiger partial charge in [0.05, 0.1) is 13.4 Å². The van der Waals surface area contributed by atoms with Gasteiger partial charge in [-0.2, -0.15) is 0 Å². The molecule has 2 rings (SSSR count). The Balaban J connectivity index is 2.10. The molecule has 1 aromatic rings. The third-order valence-electron chi connectivity index (χ3n) is 3.21. The van der Waals surface area contributed by atoms with Crippen LogP contribution >= 0.6 is 0 Å². The van der Waals surface area contributed by atoms with Crippen LogP contribution < -0.4 is 4.74 Å². The molecule has 1 aliphatic rings. The van der Waals surface area contributed by atoms with Gasteiger partial charge in [-0.25, -0.2) is 12.7 Å². The summed E-state index contributed by atoms with van der Waals surface area (Å²) in [5.74, 6) is 1.13. The first-order valence-electron chi connectivity index (χ1n) is 5.60. The number of rotatable bonds is 3. The van der Waals surface area contributed by atoms with E-state index in [0.717, 1.165) is 12.2 Å². The van der Waals surface area contributed by atoms with Crippen molar-refractivity contribution in [1.29, 1.82) is 0 Å². The molecule has 1 aliphatic heterocycles. The molecule has 1 saturated heterocycles. The fourth-order valence-corrected chi connectivity index (χ4v) is 3.07. The molecule has 0 aliphatic carbocycles. The first kappa shape index (κ1) is 12.4. The van der Waals surface area contributed by atoms with Crippen LogP contribution in [0.15, 0.2) is 24.3 Å². The predicted molar refractivity (Wildman–Crippen MR) is 66.8 cm³/mol. The van der Waals surface area contributed by atoms with Crippen LogP contribution in [0, 0.1) is 0 Å². The summed E-state index contributed by atoms with van der Waals surface area (Å²) in [4.78, 5) is 0. The van der Waals surface area contributed by atoms with E-state index in [-0.39, 0.29) is 0 Å². The fraction of sp³-hybridized carbons (Fsp3) is 0.500. The molecule has 1 atom stereocenters. The Morgan fingerprint density at radius 3 is 2.41 bits per heavy atom. The van der Waals surface area contributed by atoms with E-state index in [1.165, 1.54) is 11.8 Å². The van der Waals surface area contributed by atoms with Crippen LogP contribution in [-0.4, -0.2) is 39.2 Å². The van der Waals surface area contributed by atoms with Crippen LogP contribution in [0.4, 0.5) is 0 Å². The van der Waals surface area contributed by atoms with E-state index in [0.29, 0.717) is 19.0 Å². The molecule has 1 fully saturated rings. The minimum atomic E-state index is -3.05. The molecule has 17 heavy (non-hydrogen) atoms. The van der Waals surface area contributed by atoms with Crippen molar-refractivity contribution in [2.24, 2.45) is 0 Å². The van der Waals surface area contributed by atoms with Gasteiger partial charge in [-0.05, 0) is 30.0 Å². The zero-order chi connectivity index (χ0) is 12.5. The van der Waals surface area contributed by atoms with Crippen molar-refractivity contribution in [3.05, 3.63) is 29.8 Å². The van der Waals surface area contributed by atoms with E-state index in [9.17, 15) is 8.42 Å². The molecule has 0 amide bonds. The lowest BCUT2D eigenvalue weighted by molar-refractivity contribution is 0.414. The first-order chi connectivity index (χ1) is 8.00. The Morgan fingerprint density at radius 2 is 1.94 bits per heavy atom. The number of benzene rings is 1. The number of ether oxygens (including phenoxy) is 1. The highest BCUT2D eigenvalue weighted by Gasteiger charge is 2.29. The first-order valence-corrected chi connectivity index (χ1v) is 7.44. The lowest BCUT2D eigenvalue weighted by atomic mass is 9.99. The summed E-state index contributed by atoms with van der Waals surface area (Å²) in [5, 5.41) is 0. The van der Waals surface area contributed by atoms with Crippen LogP contribution in [0.1, 0.15) is 17.9 Å². The summed E-state index contributed by atoms with van der Waals surface area (Å²) in [5.41, 5.74) is 1.18. The maximum absolute atomic E-state index is 11.4. The quantitative estimate of drug-likeness (QED) is 0.821. The van der Waals surface area contributed by atoms with Crippen LogP contribution in [0.3, 0.4) is 0 Å². The van der Waals surface area contributed by atoms with Crippen molar-refractivity contribution in [2.75, 3.05) is 26.5 Å². The molecule has 0 spiro atoms. The third-order valence-corrected chi connectivity index (χ3v) is 4.48.